The van der Waals surface area contributed by atoms with Crippen LogP contribution in [-0.4, -0.2) is 25.0 Å². The Morgan fingerprint density at radius 2 is 2.09 bits per heavy atom. The molecule has 0 aliphatic rings. The van der Waals surface area contributed by atoms with Gasteiger partial charge in [-0.3, -0.25) is 4.98 Å². The lowest BCUT2D eigenvalue weighted by Gasteiger charge is -2.08. The minimum Gasteiger partial charge on any atom is -0.308 e. The Balaban J connectivity index is 1.66. The zero-order valence-corrected chi connectivity index (χ0v) is 12.8. The third-order valence-electron chi connectivity index (χ3n) is 3.87. The Morgan fingerprint density at radius 1 is 1.13 bits per heavy atom. The molecule has 0 saturated carbocycles. The summed E-state index contributed by atoms with van der Waals surface area (Å²) >= 11 is 0. The summed E-state index contributed by atoms with van der Waals surface area (Å²) in [7, 11) is 0. The lowest BCUT2D eigenvalue weighted by Crippen LogP contribution is -2.14. The maximum atomic E-state index is 4.17. The van der Waals surface area contributed by atoms with Crippen molar-refractivity contribution in [3.63, 3.8) is 0 Å². The molecule has 3 heterocycles. The molecule has 0 aliphatic carbocycles. The molecule has 1 N–H and O–H groups in total. The molecule has 6 nitrogen and oxygen atoms in total. The summed E-state index contributed by atoms with van der Waals surface area (Å²) in [5.41, 5.74) is 5.24. The maximum Gasteiger partial charge on any atom is 0.184 e. The van der Waals surface area contributed by atoms with Gasteiger partial charge in [0.15, 0.2) is 5.65 Å². The molecular weight excluding hydrogens is 288 g/mol. The average Bonchev–Trinajstić information content (AvgIpc) is 3.06. The average molecular weight is 304 g/mol. The number of benzene rings is 1. The fraction of sp³-hybridized carbons (Fsp3) is 0.176. The highest BCUT2D eigenvalue weighted by Gasteiger charge is 2.09. The number of hydrogen-bond donors (Lipinski definition) is 1. The second-order valence-corrected chi connectivity index (χ2v) is 5.61. The van der Waals surface area contributed by atoms with E-state index in [0.717, 1.165) is 34.2 Å². The molecule has 6 heteroatoms. The van der Waals surface area contributed by atoms with Gasteiger partial charge in [0.2, 0.25) is 0 Å². The van der Waals surface area contributed by atoms with E-state index >= 15 is 0 Å². The van der Waals surface area contributed by atoms with E-state index in [-0.39, 0.29) is 0 Å². The summed E-state index contributed by atoms with van der Waals surface area (Å²) < 4.78 is 1.81. The molecule has 1 aromatic carbocycles. The number of aryl methyl sites for hydroxylation is 1. The van der Waals surface area contributed by atoms with Crippen molar-refractivity contribution < 1.29 is 0 Å². The van der Waals surface area contributed by atoms with E-state index in [4.69, 9.17) is 0 Å². The molecule has 4 aromatic rings. The smallest absolute Gasteiger partial charge is 0.184 e. The van der Waals surface area contributed by atoms with Gasteiger partial charge in [-0.2, -0.15) is 4.52 Å². The van der Waals surface area contributed by atoms with Crippen LogP contribution in [0.25, 0.3) is 16.6 Å². The highest BCUT2D eigenvalue weighted by molar-refractivity contribution is 5.83. The molecular formula is C17H16N6. The SMILES string of the molecule is Cc1ccc2cc(CNCc3cccnc3)c3nnnn3c2c1. The second kappa shape index (κ2) is 5.73. The van der Waals surface area contributed by atoms with E-state index in [1.807, 2.05) is 16.8 Å². The first-order valence-corrected chi connectivity index (χ1v) is 7.51. The minimum atomic E-state index is 0.697. The first-order valence-electron chi connectivity index (χ1n) is 7.51. The zero-order valence-electron chi connectivity index (χ0n) is 12.8. The van der Waals surface area contributed by atoms with Crippen LogP contribution in [0.15, 0.2) is 48.8 Å². The Morgan fingerprint density at radius 3 is 2.96 bits per heavy atom. The van der Waals surface area contributed by atoms with Gasteiger partial charge in [0.1, 0.15) is 0 Å². The van der Waals surface area contributed by atoms with Crippen LogP contribution in [0.4, 0.5) is 0 Å². The zero-order chi connectivity index (χ0) is 15.6. The number of nitrogens with one attached hydrogen (secondary N) is 1. The summed E-state index contributed by atoms with van der Waals surface area (Å²) in [6.45, 7) is 3.52. The van der Waals surface area contributed by atoms with Crippen LogP contribution in [-0.2, 0) is 13.1 Å². The molecule has 0 atom stereocenters. The van der Waals surface area contributed by atoms with E-state index in [2.05, 4.69) is 63.1 Å². The Hall–Kier alpha value is -2.86. The summed E-state index contributed by atoms with van der Waals surface area (Å²) in [4.78, 5) is 4.12. The molecule has 114 valence electrons. The van der Waals surface area contributed by atoms with Crippen LogP contribution in [0.5, 0.6) is 0 Å². The quantitative estimate of drug-likeness (QED) is 0.626. The van der Waals surface area contributed by atoms with Crippen molar-refractivity contribution in [1.29, 1.82) is 0 Å². The molecule has 0 bridgehead atoms. The molecule has 3 aromatic heterocycles. The van der Waals surface area contributed by atoms with E-state index in [1.54, 1.807) is 6.20 Å². The molecule has 0 saturated heterocycles. The van der Waals surface area contributed by atoms with Crippen molar-refractivity contribution >= 4 is 16.6 Å². The van der Waals surface area contributed by atoms with Gasteiger partial charge in [0.05, 0.1) is 5.52 Å². The molecule has 0 radical (unpaired) electrons. The van der Waals surface area contributed by atoms with Gasteiger partial charge >= 0.3 is 0 Å². The number of nitrogens with zero attached hydrogens (tertiary/aromatic N) is 5. The number of rotatable bonds is 4. The van der Waals surface area contributed by atoms with Crippen molar-refractivity contribution in [3.05, 3.63) is 65.5 Å². The van der Waals surface area contributed by atoms with Crippen molar-refractivity contribution in [2.45, 2.75) is 20.0 Å². The van der Waals surface area contributed by atoms with E-state index in [1.165, 1.54) is 5.56 Å². The van der Waals surface area contributed by atoms with Crippen molar-refractivity contribution in [1.82, 2.24) is 30.3 Å². The summed E-state index contributed by atoms with van der Waals surface area (Å²) in [6, 6.07) is 12.5. The van der Waals surface area contributed by atoms with Crippen LogP contribution in [0, 0.1) is 6.92 Å². The van der Waals surface area contributed by atoms with Crippen LogP contribution < -0.4 is 5.32 Å². The Bertz CT molecular complexity index is 961. The van der Waals surface area contributed by atoms with E-state index in [0.29, 0.717) is 6.54 Å². The highest BCUT2D eigenvalue weighted by Crippen LogP contribution is 2.20. The predicted molar refractivity (Wildman–Crippen MR) is 87.8 cm³/mol. The van der Waals surface area contributed by atoms with Gasteiger partial charge in [0, 0.05) is 36.4 Å². The van der Waals surface area contributed by atoms with Crippen LogP contribution in [0.3, 0.4) is 0 Å². The topological polar surface area (TPSA) is 68.0 Å². The van der Waals surface area contributed by atoms with Gasteiger partial charge in [-0.1, -0.05) is 18.2 Å². The van der Waals surface area contributed by atoms with Gasteiger partial charge in [-0.15, -0.1) is 5.10 Å². The fourth-order valence-corrected chi connectivity index (χ4v) is 2.74. The number of tetrazole rings is 1. The van der Waals surface area contributed by atoms with Crippen LogP contribution in [0.2, 0.25) is 0 Å². The largest absolute Gasteiger partial charge is 0.308 e. The standard InChI is InChI=1S/C17H16N6/c1-12-4-5-14-8-15(11-19-10-13-3-2-6-18-9-13)17-20-21-22-23(17)16(14)7-12/h2-9,19H,10-11H2,1H3. The lowest BCUT2D eigenvalue weighted by molar-refractivity contribution is 0.692. The van der Waals surface area contributed by atoms with Crippen molar-refractivity contribution in [2.75, 3.05) is 0 Å². The highest BCUT2D eigenvalue weighted by atomic mass is 15.5. The maximum absolute atomic E-state index is 4.17. The Kier molecular flexibility index (Phi) is 3.44. The van der Waals surface area contributed by atoms with Crippen LogP contribution >= 0.6 is 0 Å². The number of pyridine rings is 2. The lowest BCUT2D eigenvalue weighted by atomic mass is 10.1. The van der Waals surface area contributed by atoms with Crippen LogP contribution in [0.1, 0.15) is 16.7 Å². The number of hydrogen-bond acceptors (Lipinski definition) is 5. The van der Waals surface area contributed by atoms with Gasteiger partial charge in [-0.05, 0) is 46.7 Å². The summed E-state index contributed by atoms with van der Waals surface area (Å²) in [6.07, 6.45) is 3.64. The summed E-state index contributed by atoms with van der Waals surface area (Å²) in [5, 5.41) is 16.7. The van der Waals surface area contributed by atoms with Crippen molar-refractivity contribution in [3.8, 4) is 0 Å². The fourth-order valence-electron chi connectivity index (χ4n) is 2.74. The van der Waals surface area contributed by atoms with E-state index < -0.39 is 0 Å². The van der Waals surface area contributed by atoms with E-state index in [9.17, 15) is 0 Å². The monoisotopic (exact) mass is 304 g/mol. The minimum absolute atomic E-state index is 0.697. The molecule has 23 heavy (non-hydrogen) atoms. The third-order valence-corrected chi connectivity index (χ3v) is 3.87. The third kappa shape index (κ3) is 2.64. The molecule has 0 amide bonds. The number of fused-ring (bicyclic) bond motifs is 3. The Labute approximate surface area is 133 Å². The predicted octanol–water partition coefficient (Wildman–Crippen LogP) is 2.27. The van der Waals surface area contributed by atoms with Crippen molar-refractivity contribution in [2.24, 2.45) is 0 Å². The molecule has 0 fully saturated rings. The van der Waals surface area contributed by atoms with Gasteiger partial charge in [-0.25, -0.2) is 0 Å². The summed E-state index contributed by atoms with van der Waals surface area (Å²) in [5.74, 6) is 0. The first-order chi connectivity index (χ1) is 11.3. The molecule has 0 spiro atoms. The van der Waals surface area contributed by atoms with Gasteiger partial charge in [0.25, 0.3) is 0 Å². The normalized spacial score (nSPS) is 11.3. The second-order valence-electron chi connectivity index (χ2n) is 5.61. The molecule has 0 aliphatic heterocycles. The molecule has 0 unspecified atom stereocenters. The number of aromatic nitrogens is 5. The first kappa shape index (κ1) is 13.8. The molecule has 4 rings (SSSR count). The van der Waals surface area contributed by atoms with Gasteiger partial charge < -0.3 is 5.32 Å².